The first-order valence-electron chi connectivity index (χ1n) is 6.78. The number of ketones is 1. The Morgan fingerprint density at radius 2 is 1.71 bits per heavy atom. The van der Waals surface area contributed by atoms with Crippen LogP contribution in [-0.4, -0.2) is 5.78 Å². The summed E-state index contributed by atoms with van der Waals surface area (Å²) in [6.45, 7) is 5.98. The van der Waals surface area contributed by atoms with Crippen molar-refractivity contribution in [3.05, 3.63) is 76.0 Å². The summed E-state index contributed by atoms with van der Waals surface area (Å²) in [5, 5.41) is 3.76. The fraction of sp³-hybridized carbons (Fsp3) is 0.167. The Labute approximate surface area is 130 Å². The first kappa shape index (κ1) is 15.3. The third kappa shape index (κ3) is 3.96. The van der Waals surface area contributed by atoms with Crippen molar-refractivity contribution in [1.29, 1.82) is 0 Å². The molecule has 3 heteroatoms. The molecule has 0 saturated carbocycles. The van der Waals surface area contributed by atoms with E-state index in [1.165, 1.54) is 11.6 Å². The Bertz CT molecular complexity index is 704. The highest BCUT2D eigenvalue weighted by Crippen LogP contribution is 2.20. The Balaban J connectivity index is 2.04. The third-order valence-electron chi connectivity index (χ3n) is 3.45. The predicted molar refractivity (Wildman–Crippen MR) is 89.2 cm³/mol. The predicted octanol–water partition coefficient (Wildman–Crippen LogP) is 5.07. The van der Waals surface area contributed by atoms with Gasteiger partial charge >= 0.3 is 0 Å². The Morgan fingerprint density at radius 1 is 1.00 bits per heavy atom. The molecule has 2 aromatic rings. The first-order chi connectivity index (χ1) is 9.97. The maximum Gasteiger partial charge on any atom is 0.187 e. The van der Waals surface area contributed by atoms with Crippen LogP contribution in [-0.2, 0) is 0 Å². The SMILES string of the molecule is Cc1ccc(C(=O)C=CNc2ccc(C)c(Cl)c2)cc1C. The number of benzene rings is 2. The van der Waals surface area contributed by atoms with Crippen molar-refractivity contribution in [2.24, 2.45) is 0 Å². The van der Waals surface area contributed by atoms with Crippen LogP contribution >= 0.6 is 11.6 Å². The number of halogens is 1. The van der Waals surface area contributed by atoms with Gasteiger partial charge in [0.25, 0.3) is 0 Å². The zero-order chi connectivity index (χ0) is 15.4. The smallest absolute Gasteiger partial charge is 0.187 e. The molecule has 0 aliphatic carbocycles. The van der Waals surface area contributed by atoms with E-state index in [9.17, 15) is 4.79 Å². The molecule has 2 rings (SSSR count). The minimum absolute atomic E-state index is 0.0243. The highest BCUT2D eigenvalue weighted by molar-refractivity contribution is 6.31. The van der Waals surface area contributed by atoms with Gasteiger partial charge in [0, 0.05) is 28.5 Å². The van der Waals surface area contributed by atoms with E-state index in [4.69, 9.17) is 11.6 Å². The molecule has 21 heavy (non-hydrogen) atoms. The van der Waals surface area contributed by atoms with E-state index in [2.05, 4.69) is 5.32 Å². The number of hydrogen-bond acceptors (Lipinski definition) is 2. The lowest BCUT2D eigenvalue weighted by molar-refractivity contribution is 0.104. The largest absolute Gasteiger partial charge is 0.362 e. The normalized spacial score (nSPS) is 10.9. The molecular formula is C18H18ClNO. The molecule has 108 valence electrons. The van der Waals surface area contributed by atoms with Gasteiger partial charge in [-0.3, -0.25) is 4.79 Å². The molecule has 1 N–H and O–H groups in total. The lowest BCUT2D eigenvalue weighted by atomic mass is 10.0. The van der Waals surface area contributed by atoms with Gasteiger partial charge in [-0.25, -0.2) is 0 Å². The molecule has 0 amide bonds. The van der Waals surface area contributed by atoms with Crippen molar-refractivity contribution in [2.45, 2.75) is 20.8 Å². The van der Waals surface area contributed by atoms with Crippen LogP contribution in [0, 0.1) is 20.8 Å². The van der Waals surface area contributed by atoms with Gasteiger partial charge in [-0.1, -0.05) is 29.8 Å². The highest BCUT2D eigenvalue weighted by Gasteiger charge is 2.03. The third-order valence-corrected chi connectivity index (χ3v) is 3.86. The van der Waals surface area contributed by atoms with Gasteiger partial charge in [0.2, 0.25) is 0 Å². The number of hydrogen-bond donors (Lipinski definition) is 1. The molecule has 0 atom stereocenters. The van der Waals surface area contributed by atoms with Gasteiger partial charge in [0.15, 0.2) is 5.78 Å². The van der Waals surface area contributed by atoms with Crippen LogP contribution < -0.4 is 5.32 Å². The van der Waals surface area contributed by atoms with Crippen molar-refractivity contribution < 1.29 is 4.79 Å². The number of nitrogens with one attached hydrogen (secondary N) is 1. The zero-order valence-electron chi connectivity index (χ0n) is 12.4. The summed E-state index contributed by atoms with van der Waals surface area (Å²) < 4.78 is 0. The zero-order valence-corrected chi connectivity index (χ0v) is 13.2. The number of aryl methyl sites for hydroxylation is 3. The van der Waals surface area contributed by atoms with Crippen LogP contribution in [0.3, 0.4) is 0 Å². The molecule has 0 radical (unpaired) electrons. The van der Waals surface area contributed by atoms with Crippen LogP contribution in [0.25, 0.3) is 0 Å². The lowest BCUT2D eigenvalue weighted by Crippen LogP contribution is -1.97. The van der Waals surface area contributed by atoms with Crippen molar-refractivity contribution in [1.82, 2.24) is 0 Å². The van der Waals surface area contributed by atoms with Gasteiger partial charge in [0.05, 0.1) is 0 Å². The first-order valence-corrected chi connectivity index (χ1v) is 7.16. The molecule has 0 aromatic heterocycles. The molecule has 0 bridgehead atoms. The van der Waals surface area contributed by atoms with Crippen LogP contribution in [0.1, 0.15) is 27.0 Å². The second-order valence-electron chi connectivity index (χ2n) is 5.10. The number of carbonyl (C=O) groups is 1. The van der Waals surface area contributed by atoms with Gasteiger partial charge in [-0.15, -0.1) is 0 Å². The van der Waals surface area contributed by atoms with Crippen molar-refractivity contribution in [3.8, 4) is 0 Å². The van der Waals surface area contributed by atoms with Crippen LogP contribution in [0.2, 0.25) is 5.02 Å². The van der Waals surface area contributed by atoms with E-state index in [1.807, 2.05) is 57.2 Å². The fourth-order valence-electron chi connectivity index (χ4n) is 1.89. The molecule has 0 saturated heterocycles. The van der Waals surface area contributed by atoms with Crippen molar-refractivity contribution in [2.75, 3.05) is 5.32 Å². The number of allylic oxidation sites excluding steroid dienone is 1. The quantitative estimate of drug-likeness (QED) is 0.630. The summed E-state index contributed by atoms with van der Waals surface area (Å²) in [5.74, 6) is -0.0243. The van der Waals surface area contributed by atoms with Gasteiger partial charge in [-0.2, -0.15) is 0 Å². The van der Waals surface area contributed by atoms with Gasteiger partial charge < -0.3 is 5.32 Å². The second kappa shape index (κ2) is 6.59. The summed E-state index contributed by atoms with van der Waals surface area (Å²) in [6, 6.07) is 11.4. The average molecular weight is 300 g/mol. The summed E-state index contributed by atoms with van der Waals surface area (Å²) >= 11 is 6.05. The lowest BCUT2D eigenvalue weighted by Gasteiger charge is -2.04. The topological polar surface area (TPSA) is 29.1 Å². The van der Waals surface area contributed by atoms with E-state index in [-0.39, 0.29) is 5.78 Å². The second-order valence-corrected chi connectivity index (χ2v) is 5.51. The van der Waals surface area contributed by atoms with Crippen LogP contribution in [0.4, 0.5) is 5.69 Å². The van der Waals surface area contributed by atoms with Crippen LogP contribution in [0.15, 0.2) is 48.7 Å². The Kier molecular flexibility index (Phi) is 4.81. The minimum atomic E-state index is -0.0243. The number of carbonyl (C=O) groups excluding carboxylic acids is 1. The maximum absolute atomic E-state index is 12.1. The van der Waals surface area contributed by atoms with E-state index in [0.29, 0.717) is 10.6 Å². The van der Waals surface area contributed by atoms with Gasteiger partial charge in [0.1, 0.15) is 0 Å². The number of rotatable bonds is 4. The molecule has 0 aliphatic rings. The highest BCUT2D eigenvalue weighted by atomic mass is 35.5. The number of anilines is 1. The Morgan fingerprint density at radius 3 is 2.38 bits per heavy atom. The molecule has 2 nitrogen and oxygen atoms in total. The molecule has 0 aliphatic heterocycles. The fourth-order valence-corrected chi connectivity index (χ4v) is 2.07. The van der Waals surface area contributed by atoms with E-state index < -0.39 is 0 Å². The van der Waals surface area contributed by atoms with E-state index in [1.54, 1.807) is 6.20 Å². The monoisotopic (exact) mass is 299 g/mol. The maximum atomic E-state index is 12.1. The summed E-state index contributed by atoms with van der Waals surface area (Å²) in [5.41, 5.74) is 4.88. The molecule has 0 spiro atoms. The van der Waals surface area contributed by atoms with Crippen molar-refractivity contribution >= 4 is 23.1 Å². The summed E-state index contributed by atoms with van der Waals surface area (Å²) in [6.07, 6.45) is 3.16. The van der Waals surface area contributed by atoms with Crippen molar-refractivity contribution in [3.63, 3.8) is 0 Å². The van der Waals surface area contributed by atoms with E-state index in [0.717, 1.165) is 16.8 Å². The molecule has 0 heterocycles. The summed E-state index contributed by atoms with van der Waals surface area (Å²) in [4.78, 5) is 12.1. The average Bonchev–Trinajstić information content (AvgIpc) is 2.45. The molecule has 0 fully saturated rings. The molecule has 2 aromatic carbocycles. The Hall–Kier alpha value is -2.06. The standard InChI is InChI=1S/C18H18ClNO/c1-12-4-6-15(10-14(12)3)18(21)8-9-20-16-7-5-13(2)17(19)11-16/h4-11,20H,1-3H3. The molecular weight excluding hydrogens is 282 g/mol. The summed E-state index contributed by atoms with van der Waals surface area (Å²) in [7, 11) is 0. The minimum Gasteiger partial charge on any atom is -0.362 e. The van der Waals surface area contributed by atoms with E-state index >= 15 is 0 Å². The van der Waals surface area contributed by atoms with Gasteiger partial charge in [-0.05, 0) is 55.7 Å². The molecule has 0 unspecified atom stereocenters. The van der Waals surface area contributed by atoms with Crippen LogP contribution in [0.5, 0.6) is 0 Å².